The molecule has 3 heteroatoms. The number of hydrogen-bond acceptors (Lipinski definition) is 2. The first-order valence-electron chi connectivity index (χ1n) is 5.17. The lowest BCUT2D eigenvalue weighted by Gasteiger charge is -2.14. The summed E-state index contributed by atoms with van der Waals surface area (Å²) in [5.74, 6) is -0.133. The summed E-state index contributed by atoms with van der Waals surface area (Å²) in [6.07, 6.45) is 0. The Morgan fingerprint density at radius 1 is 1.27 bits per heavy atom. The maximum Gasteiger partial charge on any atom is 0.265 e. The molecule has 0 radical (unpaired) electrons. The molecule has 0 N–H and O–H groups in total. The summed E-state index contributed by atoms with van der Waals surface area (Å²) in [5, 5.41) is -0.00618. The lowest BCUT2D eigenvalue weighted by molar-refractivity contribution is 0.165. The molecule has 0 aromatic heterocycles. The Bertz CT molecular complexity index is 314. The van der Waals surface area contributed by atoms with Gasteiger partial charge >= 0.3 is 0 Å². The molecule has 0 unspecified atom stereocenters. The zero-order chi connectivity index (χ0) is 11.3. The molecule has 1 aromatic rings. The monoisotopic (exact) mass is 204 g/mol. The Hall–Kier alpha value is -1.25. The first-order valence-corrected chi connectivity index (χ1v) is 5.17. The van der Waals surface area contributed by atoms with Gasteiger partial charge in [-0.05, 0) is 5.56 Å². The molecule has 0 saturated heterocycles. The zero-order valence-electron chi connectivity index (χ0n) is 9.62. The Balaban J connectivity index is 2.35. The predicted octanol–water partition coefficient (Wildman–Crippen LogP) is 2.98. The Morgan fingerprint density at radius 3 is 2.40 bits per heavy atom. The molecule has 0 atom stereocenters. The van der Waals surface area contributed by atoms with Crippen LogP contribution in [-0.4, -0.2) is 13.1 Å². The molecular weight excluding hydrogens is 187 g/mol. The van der Waals surface area contributed by atoms with Crippen molar-refractivity contribution in [3.63, 3.8) is 0 Å². The maximum absolute atomic E-state index is 11.4. The van der Waals surface area contributed by atoms with Gasteiger partial charge < -0.3 is 4.74 Å². The van der Waals surface area contributed by atoms with E-state index in [9.17, 15) is 4.79 Å². The first-order chi connectivity index (χ1) is 6.97. The van der Waals surface area contributed by atoms with E-state index in [0.29, 0.717) is 13.9 Å². The van der Waals surface area contributed by atoms with Crippen molar-refractivity contribution in [2.24, 2.45) is 0 Å². The van der Waals surface area contributed by atoms with Gasteiger partial charge in [0.1, 0.15) is 6.61 Å². The summed E-state index contributed by atoms with van der Waals surface area (Å²) in [6, 6.07) is 9.72. The van der Waals surface area contributed by atoms with E-state index in [-0.39, 0.29) is 11.2 Å². The molecule has 0 spiro atoms. The fourth-order valence-electron chi connectivity index (χ4n) is 1.22. The van der Waals surface area contributed by atoms with Crippen molar-refractivity contribution in [2.75, 3.05) is 0 Å². The number of ether oxygens (including phenoxy) is 1. The van der Waals surface area contributed by atoms with Gasteiger partial charge in [-0.15, -0.1) is 0 Å². The number of carbonyl (C=O) groups is 1. The van der Waals surface area contributed by atoms with Gasteiger partial charge in [0.2, 0.25) is 5.87 Å². The molecule has 15 heavy (non-hydrogen) atoms. The minimum absolute atomic E-state index is 0.00618. The normalized spacial score (nSPS) is 10.9. The Labute approximate surface area is 91.9 Å². The van der Waals surface area contributed by atoms with E-state index in [0.717, 1.165) is 5.56 Å². The van der Waals surface area contributed by atoms with Gasteiger partial charge in [0.25, 0.3) is 7.28 Å². The van der Waals surface area contributed by atoms with Gasteiger partial charge in [0, 0.05) is 0 Å². The maximum atomic E-state index is 11.4. The molecule has 0 saturated carbocycles. The third-order valence-electron chi connectivity index (χ3n) is 1.92. The topological polar surface area (TPSA) is 26.3 Å². The highest BCUT2D eigenvalue weighted by atomic mass is 16.5. The smallest absolute Gasteiger partial charge is 0.265 e. The van der Waals surface area contributed by atoms with Gasteiger partial charge in [-0.25, -0.2) is 0 Å². The van der Waals surface area contributed by atoms with E-state index in [2.05, 4.69) is 0 Å². The molecule has 0 fully saturated rings. The second-order valence-electron chi connectivity index (χ2n) is 4.88. The first kappa shape index (κ1) is 11.8. The van der Waals surface area contributed by atoms with E-state index >= 15 is 0 Å². The second kappa shape index (κ2) is 5.01. The third-order valence-corrected chi connectivity index (χ3v) is 1.92. The van der Waals surface area contributed by atoms with Gasteiger partial charge in [-0.3, -0.25) is 4.79 Å². The molecule has 80 valence electrons. The summed E-state index contributed by atoms with van der Waals surface area (Å²) >= 11 is 0. The fourth-order valence-corrected chi connectivity index (χ4v) is 1.22. The molecule has 1 aromatic carbocycles. The lowest BCUT2D eigenvalue weighted by Crippen LogP contribution is -2.20. The summed E-state index contributed by atoms with van der Waals surface area (Å²) in [7, 11) is 0.458. The van der Waals surface area contributed by atoms with Gasteiger partial charge in [0.15, 0.2) is 0 Å². The summed E-state index contributed by atoms with van der Waals surface area (Å²) in [4.78, 5) is 11.4. The van der Waals surface area contributed by atoms with E-state index in [4.69, 9.17) is 4.74 Å². The zero-order valence-corrected chi connectivity index (χ0v) is 9.62. The Kier molecular flexibility index (Phi) is 3.95. The van der Waals surface area contributed by atoms with Crippen molar-refractivity contribution in [1.29, 1.82) is 0 Å². The van der Waals surface area contributed by atoms with Gasteiger partial charge in [-0.2, -0.15) is 0 Å². The number of benzene rings is 1. The predicted molar refractivity (Wildman–Crippen MR) is 63.5 cm³/mol. The molecule has 0 aliphatic heterocycles. The van der Waals surface area contributed by atoms with Gasteiger partial charge in [0.05, 0.1) is 0 Å². The largest absolute Gasteiger partial charge is 0.469 e. The molecule has 0 aliphatic rings. The van der Waals surface area contributed by atoms with Crippen LogP contribution in [0.4, 0.5) is 4.79 Å². The van der Waals surface area contributed by atoms with Crippen LogP contribution in [0.3, 0.4) is 0 Å². The van der Waals surface area contributed by atoms with Crippen molar-refractivity contribution in [3.8, 4) is 0 Å². The van der Waals surface area contributed by atoms with Crippen molar-refractivity contribution in [1.82, 2.24) is 0 Å². The third kappa shape index (κ3) is 5.26. The Morgan fingerprint density at radius 2 is 1.87 bits per heavy atom. The highest BCUT2D eigenvalue weighted by molar-refractivity contribution is 6.74. The van der Waals surface area contributed by atoms with Crippen molar-refractivity contribution >= 4 is 13.1 Å². The van der Waals surface area contributed by atoms with E-state index in [1.54, 1.807) is 0 Å². The van der Waals surface area contributed by atoms with Crippen LogP contribution in [0.5, 0.6) is 0 Å². The molecular formula is C12H17BO2. The van der Waals surface area contributed by atoms with Crippen LogP contribution in [0.15, 0.2) is 30.3 Å². The van der Waals surface area contributed by atoms with Crippen LogP contribution in [-0.2, 0) is 11.3 Å². The molecule has 2 nitrogen and oxygen atoms in total. The summed E-state index contributed by atoms with van der Waals surface area (Å²) in [6.45, 7) is 6.44. The number of carbonyl (C=O) groups excluding carboxylic acids is 1. The van der Waals surface area contributed by atoms with Crippen molar-refractivity contribution in [3.05, 3.63) is 35.9 Å². The summed E-state index contributed by atoms with van der Waals surface area (Å²) in [5.41, 5.74) is 1.03. The lowest BCUT2D eigenvalue weighted by atomic mass is 9.55. The van der Waals surface area contributed by atoms with Crippen LogP contribution >= 0.6 is 0 Å². The standard InChI is InChI=1S/C12H17BO2/c1-12(2,3)13-11(14)15-9-10-7-5-4-6-8-10/h4-8,13H,9H2,1-3H3. The van der Waals surface area contributed by atoms with Crippen LogP contribution in [0.1, 0.15) is 26.3 Å². The van der Waals surface area contributed by atoms with Crippen molar-refractivity contribution < 1.29 is 9.53 Å². The SMILES string of the molecule is CC(C)(C)BC(=O)OCc1ccccc1. The molecule has 1 rings (SSSR count). The summed E-state index contributed by atoms with van der Waals surface area (Å²) < 4.78 is 5.17. The van der Waals surface area contributed by atoms with Crippen LogP contribution < -0.4 is 0 Å². The number of rotatable bonds is 3. The fraction of sp³-hybridized carbons (Fsp3) is 0.417. The highest BCUT2D eigenvalue weighted by Gasteiger charge is 2.19. The van der Waals surface area contributed by atoms with E-state index in [1.807, 2.05) is 51.1 Å². The molecule has 0 bridgehead atoms. The highest BCUT2D eigenvalue weighted by Crippen LogP contribution is 2.20. The molecule has 0 heterocycles. The molecule has 0 aliphatic carbocycles. The average Bonchev–Trinajstić information content (AvgIpc) is 2.14. The van der Waals surface area contributed by atoms with Crippen LogP contribution in [0.2, 0.25) is 5.31 Å². The number of hydrogen-bond donors (Lipinski definition) is 0. The second-order valence-corrected chi connectivity index (χ2v) is 4.88. The molecule has 0 amide bonds. The van der Waals surface area contributed by atoms with E-state index < -0.39 is 0 Å². The quantitative estimate of drug-likeness (QED) is 0.707. The minimum atomic E-state index is -0.133. The van der Waals surface area contributed by atoms with Gasteiger partial charge in [-0.1, -0.05) is 56.4 Å². The van der Waals surface area contributed by atoms with Crippen molar-refractivity contribution in [2.45, 2.75) is 32.7 Å². The average molecular weight is 204 g/mol. The van der Waals surface area contributed by atoms with Crippen LogP contribution in [0.25, 0.3) is 0 Å². The van der Waals surface area contributed by atoms with E-state index in [1.165, 1.54) is 0 Å². The van der Waals surface area contributed by atoms with Crippen LogP contribution in [0, 0.1) is 0 Å². The minimum Gasteiger partial charge on any atom is -0.469 e.